The Hall–Kier alpha value is -1.07. The lowest BCUT2D eigenvalue weighted by atomic mass is 10.0. The van der Waals surface area contributed by atoms with E-state index in [0.29, 0.717) is 18.2 Å². The summed E-state index contributed by atoms with van der Waals surface area (Å²) in [6.07, 6.45) is 2.35. The molecule has 0 saturated heterocycles. The minimum atomic E-state index is -0.0140. The number of nitrogen functional groups attached to an aromatic ring is 1. The summed E-state index contributed by atoms with van der Waals surface area (Å²) < 4.78 is 5.05. The van der Waals surface area contributed by atoms with Gasteiger partial charge in [-0.1, -0.05) is 13.8 Å². The Kier molecular flexibility index (Phi) is 4.47. The average molecular weight is 282 g/mol. The summed E-state index contributed by atoms with van der Waals surface area (Å²) in [5, 5.41) is 4.41. The fraction of sp³-hybridized carbons (Fsp3) is 0.643. The molecule has 0 aromatic carbocycles. The van der Waals surface area contributed by atoms with Crippen LogP contribution >= 0.6 is 11.3 Å². The summed E-state index contributed by atoms with van der Waals surface area (Å²) in [5.74, 6) is 0.666. The van der Waals surface area contributed by atoms with Crippen molar-refractivity contribution in [3.63, 3.8) is 0 Å². The van der Waals surface area contributed by atoms with Crippen molar-refractivity contribution >= 4 is 27.8 Å². The molecule has 0 unspecified atom stereocenters. The van der Waals surface area contributed by atoms with Crippen molar-refractivity contribution in [2.75, 3.05) is 31.3 Å². The number of nitrogens with two attached hydrogens (primary N) is 1. The molecule has 1 aliphatic rings. The van der Waals surface area contributed by atoms with Crippen molar-refractivity contribution in [2.24, 2.45) is 5.92 Å². The second-order valence-electron chi connectivity index (χ2n) is 5.30. The smallest absolute Gasteiger partial charge is 0.177 e. The number of anilines is 2. The number of hydrogen-bond donors (Lipinski definition) is 2. The van der Waals surface area contributed by atoms with Gasteiger partial charge in [0.2, 0.25) is 0 Å². The largest absolute Gasteiger partial charge is 0.397 e. The maximum Gasteiger partial charge on any atom is 0.177 e. The monoisotopic (exact) mass is 282 g/mol. The van der Waals surface area contributed by atoms with Crippen molar-refractivity contribution in [3.8, 4) is 0 Å². The van der Waals surface area contributed by atoms with Crippen molar-refractivity contribution in [2.45, 2.75) is 32.6 Å². The topological polar surface area (TPSA) is 64.3 Å². The highest BCUT2D eigenvalue weighted by Gasteiger charge is 2.33. The molecule has 4 nitrogen and oxygen atoms in total. The lowest BCUT2D eigenvalue weighted by molar-refractivity contribution is 0.0944. The van der Waals surface area contributed by atoms with Crippen LogP contribution in [-0.2, 0) is 4.74 Å². The molecule has 106 valence electrons. The van der Waals surface area contributed by atoms with Crippen molar-refractivity contribution in [3.05, 3.63) is 10.4 Å². The Labute approximate surface area is 118 Å². The molecule has 0 bridgehead atoms. The fourth-order valence-electron chi connectivity index (χ4n) is 2.08. The number of ketones is 1. The molecule has 0 amide bonds. The number of thiophene rings is 1. The molecule has 1 saturated carbocycles. The van der Waals surface area contributed by atoms with Gasteiger partial charge in [0, 0.05) is 25.1 Å². The molecule has 1 aromatic rings. The van der Waals surface area contributed by atoms with Gasteiger partial charge >= 0.3 is 0 Å². The molecule has 1 aliphatic carbocycles. The SMILES string of the molecule is COCCNc1sc(C(=O)C(C)C)c(N)c1C1CC1. The first-order valence-electron chi connectivity index (χ1n) is 6.75. The molecule has 5 heteroatoms. The van der Waals surface area contributed by atoms with Crippen LogP contribution in [0.15, 0.2) is 0 Å². The van der Waals surface area contributed by atoms with E-state index in [9.17, 15) is 4.79 Å². The van der Waals surface area contributed by atoms with E-state index in [0.717, 1.165) is 22.0 Å². The zero-order valence-electron chi connectivity index (χ0n) is 11.8. The van der Waals surface area contributed by atoms with Gasteiger partial charge in [-0.3, -0.25) is 4.79 Å². The van der Waals surface area contributed by atoms with Gasteiger partial charge in [0.15, 0.2) is 5.78 Å². The first-order chi connectivity index (χ1) is 9.06. The minimum absolute atomic E-state index is 0.0140. The molecule has 1 fully saturated rings. The lowest BCUT2D eigenvalue weighted by Gasteiger charge is -2.06. The number of carbonyl (C=O) groups is 1. The summed E-state index contributed by atoms with van der Waals surface area (Å²) in [6, 6.07) is 0. The molecule has 19 heavy (non-hydrogen) atoms. The van der Waals surface area contributed by atoms with Gasteiger partial charge in [0.1, 0.15) is 0 Å². The van der Waals surface area contributed by atoms with E-state index in [-0.39, 0.29) is 11.7 Å². The molecule has 0 aliphatic heterocycles. The summed E-state index contributed by atoms with van der Waals surface area (Å²) in [4.78, 5) is 12.9. The Morgan fingerprint density at radius 1 is 1.53 bits per heavy atom. The van der Waals surface area contributed by atoms with E-state index in [1.807, 2.05) is 13.8 Å². The molecule has 3 N–H and O–H groups in total. The number of ether oxygens (including phenoxy) is 1. The fourth-order valence-corrected chi connectivity index (χ4v) is 3.40. The summed E-state index contributed by atoms with van der Waals surface area (Å²) in [7, 11) is 1.68. The zero-order valence-corrected chi connectivity index (χ0v) is 12.6. The van der Waals surface area contributed by atoms with Crippen molar-refractivity contribution in [1.82, 2.24) is 0 Å². The van der Waals surface area contributed by atoms with E-state index in [1.165, 1.54) is 24.2 Å². The first-order valence-corrected chi connectivity index (χ1v) is 7.57. The number of nitrogens with one attached hydrogen (secondary N) is 1. The predicted molar refractivity (Wildman–Crippen MR) is 80.2 cm³/mol. The average Bonchev–Trinajstić information content (AvgIpc) is 3.14. The Morgan fingerprint density at radius 3 is 2.74 bits per heavy atom. The van der Waals surface area contributed by atoms with E-state index >= 15 is 0 Å². The summed E-state index contributed by atoms with van der Waals surface area (Å²) in [5.41, 5.74) is 8.06. The number of hydrogen-bond acceptors (Lipinski definition) is 5. The van der Waals surface area contributed by atoms with Crippen LogP contribution in [0.1, 0.15) is 47.8 Å². The van der Waals surface area contributed by atoms with E-state index in [2.05, 4.69) is 5.32 Å². The highest BCUT2D eigenvalue weighted by atomic mass is 32.1. The third kappa shape index (κ3) is 3.09. The third-order valence-electron chi connectivity index (χ3n) is 3.31. The Balaban J connectivity index is 2.25. The Morgan fingerprint density at radius 2 is 2.21 bits per heavy atom. The summed E-state index contributed by atoms with van der Waals surface area (Å²) in [6.45, 7) is 5.22. The van der Waals surface area contributed by atoms with Crippen LogP contribution in [0.2, 0.25) is 0 Å². The zero-order chi connectivity index (χ0) is 14.0. The van der Waals surface area contributed by atoms with Gasteiger partial charge in [0.05, 0.1) is 22.2 Å². The normalized spacial score (nSPS) is 14.9. The van der Waals surface area contributed by atoms with Crippen molar-refractivity contribution < 1.29 is 9.53 Å². The van der Waals surface area contributed by atoms with Crippen LogP contribution in [0, 0.1) is 5.92 Å². The maximum absolute atomic E-state index is 12.2. The van der Waals surface area contributed by atoms with Crippen LogP contribution in [0.5, 0.6) is 0 Å². The number of carbonyl (C=O) groups excluding carboxylic acids is 1. The quantitative estimate of drug-likeness (QED) is 0.596. The van der Waals surface area contributed by atoms with Crippen LogP contribution in [0.25, 0.3) is 0 Å². The molecule has 1 heterocycles. The van der Waals surface area contributed by atoms with Gasteiger partial charge in [0.25, 0.3) is 0 Å². The predicted octanol–water partition coefficient (Wildman–Crippen LogP) is 3.10. The van der Waals surface area contributed by atoms with E-state index < -0.39 is 0 Å². The van der Waals surface area contributed by atoms with Gasteiger partial charge in [-0.05, 0) is 18.8 Å². The van der Waals surface area contributed by atoms with Gasteiger partial charge in [-0.2, -0.15) is 0 Å². The molecule has 2 rings (SSSR count). The van der Waals surface area contributed by atoms with Crippen LogP contribution in [0.4, 0.5) is 10.7 Å². The van der Waals surface area contributed by atoms with E-state index in [1.54, 1.807) is 7.11 Å². The molecule has 0 spiro atoms. The van der Waals surface area contributed by atoms with Gasteiger partial charge in [-0.25, -0.2) is 0 Å². The second-order valence-corrected chi connectivity index (χ2v) is 6.32. The Bertz CT molecular complexity index is 464. The minimum Gasteiger partial charge on any atom is -0.397 e. The van der Waals surface area contributed by atoms with Gasteiger partial charge in [-0.15, -0.1) is 11.3 Å². The van der Waals surface area contributed by atoms with Crippen LogP contribution in [-0.4, -0.2) is 26.0 Å². The number of methoxy groups -OCH3 is 1. The van der Waals surface area contributed by atoms with Gasteiger partial charge < -0.3 is 15.8 Å². The molecule has 0 atom stereocenters. The van der Waals surface area contributed by atoms with Crippen LogP contribution in [0.3, 0.4) is 0 Å². The molecular weight excluding hydrogens is 260 g/mol. The molecule has 1 aromatic heterocycles. The number of rotatable bonds is 7. The first kappa shape index (κ1) is 14.3. The second kappa shape index (κ2) is 5.92. The maximum atomic E-state index is 12.2. The molecular formula is C14H22N2O2S. The lowest BCUT2D eigenvalue weighted by Crippen LogP contribution is -2.08. The van der Waals surface area contributed by atoms with Crippen LogP contribution < -0.4 is 11.1 Å². The third-order valence-corrected chi connectivity index (χ3v) is 4.50. The number of Topliss-reactive ketones (excluding diaryl/α,β-unsaturated/α-hetero) is 1. The highest BCUT2D eigenvalue weighted by Crippen LogP contribution is 2.51. The summed E-state index contributed by atoms with van der Waals surface area (Å²) >= 11 is 1.50. The highest BCUT2D eigenvalue weighted by molar-refractivity contribution is 7.18. The standard InChI is InChI=1S/C14H22N2O2S/c1-8(2)12(17)13-11(15)10(9-4-5-9)14(19-13)16-6-7-18-3/h8-9,16H,4-7,15H2,1-3H3. The molecule has 0 radical (unpaired) electrons. The van der Waals surface area contributed by atoms with E-state index in [4.69, 9.17) is 10.5 Å². The van der Waals surface area contributed by atoms with Crippen molar-refractivity contribution in [1.29, 1.82) is 0 Å².